The first-order valence-corrected chi connectivity index (χ1v) is 9.36. The molecule has 0 heterocycles. The SMILES string of the molecule is CCCCCCCCCCOC(=O)[C@H](C)NC(=O)OCC(C)(C)C. The molecule has 0 saturated heterocycles. The lowest BCUT2D eigenvalue weighted by Crippen LogP contribution is -2.40. The molecule has 0 aliphatic rings. The van der Waals surface area contributed by atoms with Crippen LogP contribution >= 0.6 is 0 Å². The number of carbonyl (C=O) groups is 2. The molecular formula is C19H37NO4. The second-order valence-electron chi connectivity index (χ2n) is 7.65. The van der Waals surface area contributed by atoms with Gasteiger partial charge in [-0.05, 0) is 18.8 Å². The molecule has 24 heavy (non-hydrogen) atoms. The molecule has 1 atom stereocenters. The molecule has 0 saturated carbocycles. The molecule has 0 unspecified atom stereocenters. The molecule has 0 radical (unpaired) electrons. The summed E-state index contributed by atoms with van der Waals surface area (Å²) in [6.07, 6.45) is 9.02. The van der Waals surface area contributed by atoms with Crippen LogP contribution in [0.5, 0.6) is 0 Å². The highest BCUT2D eigenvalue weighted by Gasteiger charge is 2.19. The van der Waals surface area contributed by atoms with Gasteiger partial charge in [0.1, 0.15) is 6.04 Å². The molecule has 0 aliphatic heterocycles. The number of unbranched alkanes of at least 4 members (excludes halogenated alkanes) is 7. The standard InChI is InChI=1S/C19H37NO4/c1-6-7-8-9-10-11-12-13-14-23-17(21)16(2)20-18(22)24-15-19(3,4)5/h16H,6-15H2,1-5H3,(H,20,22)/t16-/m0/s1. The summed E-state index contributed by atoms with van der Waals surface area (Å²) in [5.74, 6) is -0.411. The van der Waals surface area contributed by atoms with Crippen LogP contribution in [0.25, 0.3) is 0 Å². The maximum absolute atomic E-state index is 11.8. The summed E-state index contributed by atoms with van der Waals surface area (Å²) in [5.41, 5.74) is -0.0996. The highest BCUT2D eigenvalue weighted by molar-refractivity contribution is 5.80. The number of nitrogens with one attached hydrogen (secondary N) is 1. The van der Waals surface area contributed by atoms with E-state index in [4.69, 9.17) is 9.47 Å². The van der Waals surface area contributed by atoms with Crippen molar-refractivity contribution >= 4 is 12.1 Å². The van der Waals surface area contributed by atoms with Gasteiger partial charge in [0.05, 0.1) is 13.2 Å². The number of carbonyl (C=O) groups excluding carboxylic acids is 2. The summed E-state index contributed by atoms with van der Waals surface area (Å²) >= 11 is 0. The minimum absolute atomic E-state index is 0.0996. The predicted octanol–water partition coefficient (Wildman–Crippen LogP) is 4.83. The fourth-order valence-electron chi connectivity index (χ4n) is 2.09. The van der Waals surface area contributed by atoms with E-state index in [9.17, 15) is 9.59 Å². The van der Waals surface area contributed by atoms with Crippen LogP contribution in [0.2, 0.25) is 0 Å². The van der Waals surface area contributed by atoms with Crippen molar-refractivity contribution in [1.82, 2.24) is 5.32 Å². The largest absolute Gasteiger partial charge is 0.464 e. The van der Waals surface area contributed by atoms with Crippen LogP contribution in [0.4, 0.5) is 4.79 Å². The number of esters is 1. The number of hydrogen-bond acceptors (Lipinski definition) is 4. The van der Waals surface area contributed by atoms with Crippen LogP contribution in [0, 0.1) is 5.41 Å². The quantitative estimate of drug-likeness (QED) is 0.407. The van der Waals surface area contributed by atoms with Gasteiger partial charge in [-0.1, -0.05) is 72.6 Å². The molecule has 5 heteroatoms. The first-order valence-electron chi connectivity index (χ1n) is 9.36. The average molecular weight is 344 g/mol. The summed E-state index contributed by atoms with van der Waals surface area (Å²) in [6.45, 7) is 10.5. The van der Waals surface area contributed by atoms with Crippen LogP contribution in [-0.2, 0) is 14.3 Å². The van der Waals surface area contributed by atoms with Gasteiger partial charge in [-0.3, -0.25) is 0 Å². The third-order valence-corrected chi connectivity index (χ3v) is 3.57. The molecule has 0 aromatic rings. The molecule has 0 bridgehead atoms. The third kappa shape index (κ3) is 14.3. The Morgan fingerprint density at radius 3 is 2.00 bits per heavy atom. The fourth-order valence-corrected chi connectivity index (χ4v) is 2.09. The Balaban J connectivity index is 3.63. The van der Waals surface area contributed by atoms with Crippen molar-refractivity contribution in [2.24, 2.45) is 5.41 Å². The van der Waals surface area contributed by atoms with Crippen LogP contribution < -0.4 is 5.32 Å². The van der Waals surface area contributed by atoms with Crippen molar-refractivity contribution in [2.45, 2.75) is 92.0 Å². The lowest BCUT2D eigenvalue weighted by molar-refractivity contribution is -0.145. The number of alkyl carbamates (subject to hydrolysis) is 1. The fraction of sp³-hybridized carbons (Fsp3) is 0.895. The normalized spacial score (nSPS) is 12.5. The summed E-state index contributed by atoms with van der Waals surface area (Å²) in [4.78, 5) is 23.4. The van der Waals surface area contributed by atoms with E-state index < -0.39 is 18.1 Å². The second-order valence-corrected chi connectivity index (χ2v) is 7.65. The Morgan fingerprint density at radius 1 is 0.917 bits per heavy atom. The van der Waals surface area contributed by atoms with Gasteiger partial charge in [0.25, 0.3) is 0 Å². The van der Waals surface area contributed by atoms with Crippen LogP contribution in [-0.4, -0.2) is 31.3 Å². The van der Waals surface area contributed by atoms with E-state index in [-0.39, 0.29) is 5.41 Å². The van der Waals surface area contributed by atoms with Crippen LogP contribution in [0.15, 0.2) is 0 Å². The molecule has 0 aromatic heterocycles. The molecule has 0 spiro atoms. The van der Waals surface area contributed by atoms with E-state index in [2.05, 4.69) is 12.2 Å². The first-order chi connectivity index (χ1) is 11.3. The Morgan fingerprint density at radius 2 is 1.46 bits per heavy atom. The van der Waals surface area contributed by atoms with Crippen LogP contribution in [0.1, 0.15) is 86.0 Å². The number of rotatable bonds is 12. The van der Waals surface area contributed by atoms with Crippen molar-refractivity contribution in [3.05, 3.63) is 0 Å². The summed E-state index contributed by atoms with van der Waals surface area (Å²) in [6, 6.07) is -0.688. The van der Waals surface area contributed by atoms with E-state index >= 15 is 0 Å². The topological polar surface area (TPSA) is 64.6 Å². The summed E-state index contributed by atoms with van der Waals surface area (Å²) in [5, 5.41) is 2.50. The molecule has 0 rings (SSSR count). The zero-order chi connectivity index (χ0) is 18.4. The van der Waals surface area contributed by atoms with Gasteiger partial charge in [-0.25, -0.2) is 9.59 Å². The first kappa shape index (κ1) is 22.7. The minimum Gasteiger partial charge on any atom is -0.464 e. The van der Waals surface area contributed by atoms with Gasteiger partial charge in [-0.2, -0.15) is 0 Å². The Bertz CT molecular complexity index is 350. The van der Waals surface area contributed by atoms with Crippen molar-refractivity contribution in [2.75, 3.05) is 13.2 Å². The highest BCUT2D eigenvalue weighted by Crippen LogP contribution is 2.12. The molecular weight excluding hydrogens is 306 g/mol. The number of amides is 1. The molecule has 0 aliphatic carbocycles. The zero-order valence-corrected chi connectivity index (χ0v) is 16.3. The predicted molar refractivity (Wildman–Crippen MR) is 97.0 cm³/mol. The van der Waals surface area contributed by atoms with Crippen molar-refractivity contribution in [3.8, 4) is 0 Å². The Labute approximate surface area is 147 Å². The summed E-state index contributed by atoms with van der Waals surface area (Å²) < 4.78 is 10.3. The third-order valence-electron chi connectivity index (χ3n) is 3.57. The van der Waals surface area contributed by atoms with Gasteiger partial charge >= 0.3 is 12.1 Å². The van der Waals surface area contributed by atoms with E-state index in [0.717, 1.165) is 12.8 Å². The molecule has 0 aromatic carbocycles. The molecule has 1 amide bonds. The van der Waals surface area contributed by atoms with Crippen molar-refractivity contribution < 1.29 is 19.1 Å². The van der Waals surface area contributed by atoms with Gasteiger partial charge in [0.15, 0.2) is 0 Å². The molecule has 0 fully saturated rings. The highest BCUT2D eigenvalue weighted by atomic mass is 16.6. The van der Waals surface area contributed by atoms with E-state index in [1.807, 2.05) is 20.8 Å². The number of ether oxygens (including phenoxy) is 2. The van der Waals surface area contributed by atoms with Gasteiger partial charge in [-0.15, -0.1) is 0 Å². The summed E-state index contributed by atoms with van der Waals surface area (Å²) in [7, 11) is 0. The van der Waals surface area contributed by atoms with E-state index in [1.54, 1.807) is 6.92 Å². The van der Waals surface area contributed by atoms with Gasteiger partial charge in [0.2, 0.25) is 0 Å². The molecule has 142 valence electrons. The maximum atomic E-state index is 11.8. The van der Waals surface area contributed by atoms with Crippen LogP contribution in [0.3, 0.4) is 0 Å². The van der Waals surface area contributed by atoms with Gasteiger partial charge in [0, 0.05) is 0 Å². The second kappa shape index (κ2) is 13.1. The molecule has 1 N–H and O–H groups in total. The lowest BCUT2D eigenvalue weighted by Gasteiger charge is -2.19. The van der Waals surface area contributed by atoms with E-state index in [1.165, 1.54) is 38.5 Å². The lowest BCUT2D eigenvalue weighted by atomic mass is 9.99. The zero-order valence-electron chi connectivity index (χ0n) is 16.3. The minimum atomic E-state index is -0.688. The molecule has 5 nitrogen and oxygen atoms in total. The number of hydrogen-bond donors (Lipinski definition) is 1. The van der Waals surface area contributed by atoms with E-state index in [0.29, 0.717) is 13.2 Å². The smallest absolute Gasteiger partial charge is 0.407 e. The van der Waals surface area contributed by atoms with Gasteiger partial charge < -0.3 is 14.8 Å². The Hall–Kier alpha value is -1.26. The van der Waals surface area contributed by atoms with Crippen molar-refractivity contribution in [1.29, 1.82) is 0 Å². The average Bonchev–Trinajstić information content (AvgIpc) is 2.50. The maximum Gasteiger partial charge on any atom is 0.407 e. The van der Waals surface area contributed by atoms with Crippen molar-refractivity contribution in [3.63, 3.8) is 0 Å². The monoisotopic (exact) mass is 343 g/mol. The Kier molecular flexibility index (Phi) is 12.4.